The lowest BCUT2D eigenvalue weighted by molar-refractivity contribution is -0.122. The van der Waals surface area contributed by atoms with Crippen molar-refractivity contribution in [3.63, 3.8) is 0 Å². The molecule has 25 heavy (non-hydrogen) atoms. The highest BCUT2D eigenvalue weighted by molar-refractivity contribution is 5.89. The summed E-state index contributed by atoms with van der Waals surface area (Å²) in [6.07, 6.45) is 0. The fraction of sp³-hybridized carbons (Fsp3) is 0.263. The first kappa shape index (κ1) is 18.3. The molecule has 6 nitrogen and oxygen atoms in total. The summed E-state index contributed by atoms with van der Waals surface area (Å²) < 4.78 is 5.36. The molecule has 1 unspecified atom stereocenters. The minimum atomic E-state index is -0.285. The van der Waals surface area contributed by atoms with E-state index in [2.05, 4.69) is 16.0 Å². The molecule has 2 aromatic rings. The molecule has 0 aliphatic rings. The van der Waals surface area contributed by atoms with Crippen LogP contribution in [0.1, 0.15) is 25.5 Å². The Balaban J connectivity index is 1.82. The van der Waals surface area contributed by atoms with Crippen LogP contribution >= 0.6 is 0 Å². The summed E-state index contributed by atoms with van der Waals surface area (Å²) in [6, 6.07) is 16.2. The van der Waals surface area contributed by atoms with Gasteiger partial charge in [0.25, 0.3) is 5.91 Å². The molecular formula is C19H23N3O3. The van der Waals surface area contributed by atoms with Gasteiger partial charge in [0.1, 0.15) is 5.75 Å². The van der Waals surface area contributed by atoms with E-state index >= 15 is 0 Å². The van der Waals surface area contributed by atoms with Gasteiger partial charge in [-0.25, -0.2) is 4.79 Å². The van der Waals surface area contributed by atoms with E-state index in [1.54, 1.807) is 24.3 Å². The van der Waals surface area contributed by atoms with Crippen LogP contribution in [0.4, 0.5) is 10.5 Å². The van der Waals surface area contributed by atoms with Crippen LogP contribution in [-0.2, 0) is 4.79 Å². The zero-order valence-corrected chi connectivity index (χ0v) is 14.4. The van der Waals surface area contributed by atoms with Gasteiger partial charge in [-0.15, -0.1) is 0 Å². The first-order valence-corrected chi connectivity index (χ1v) is 8.20. The van der Waals surface area contributed by atoms with Gasteiger partial charge in [-0.1, -0.05) is 30.3 Å². The van der Waals surface area contributed by atoms with Crippen molar-refractivity contribution in [2.24, 2.45) is 0 Å². The summed E-state index contributed by atoms with van der Waals surface area (Å²) in [4.78, 5) is 23.4. The normalized spacial score (nSPS) is 11.3. The molecular weight excluding hydrogens is 318 g/mol. The maximum Gasteiger partial charge on any atom is 0.319 e. The fourth-order valence-corrected chi connectivity index (χ4v) is 2.22. The van der Waals surface area contributed by atoms with Crippen LogP contribution in [0.5, 0.6) is 5.75 Å². The Kier molecular flexibility index (Phi) is 6.83. The van der Waals surface area contributed by atoms with Crippen molar-refractivity contribution in [1.29, 1.82) is 0 Å². The lowest BCUT2D eigenvalue weighted by Crippen LogP contribution is -2.31. The monoisotopic (exact) mass is 341 g/mol. The summed E-state index contributed by atoms with van der Waals surface area (Å²) in [5.41, 5.74) is 1.68. The first-order valence-electron chi connectivity index (χ1n) is 8.20. The fourth-order valence-electron chi connectivity index (χ4n) is 2.22. The molecule has 0 radical (unpaired) electrons. The van der Waals surface area contributed by atoms with Crippen LogP contribution in [0.25, 0.3) is 0 Å². The van der Waals surface area contributed by atoms with Crippen molar-refractivity contribution in [1.82, 2.24) is 10.6 Å². The van der Waals surface area contributed by atoms with Gasteiger partial charge in [-0.05, 0) is 43.7 Å². The average Bonchev–Trinajstić information content (AvgIpc) is 2.62. The molecule has 2 rings (SSSR count). The van der Waals surface area contributed by atoms with Gasteiger partial charge in [0.15, 0.2) is 6.61 Å². The third-order valence-electron chi connectivity index (χ3n) is 3.50. The molecule has 3 amide bonds. The summed E-state index contributed by atoms with van der Waals surface area (Å²) >= 11 is 0. The Morgan fingerprint density at radius 2 is 1.72 bits per heavy atom. The van der Waals surface area contributed by atoms with Crippen molar-refractivity contribution in [2.75, 3.05) is 18.5 Å². The number of nitrogens with one attached hydrogen (secondary N) is 3. The highest BCUT2D eigenvalue weighted by Crippen LogP contribution is 2.16. The third-order valence-corrected chi connectivity index (χ3v) is 3.50. The van der Waals surface area contributed by atoms with Crippen LogP contribution in [0, 0.1) is 0 Å². The highest BCUT2D eigenvalue weighted by Gasteiger charge is 2.09. The van der Waals surface area contributed by atoms with Crippen molar-refractivity contribution >= 4 is 17.6 Å². The minimum absolute atomic E-state index is 0.0321. The second kappa shape index (κ2) is 9.32. The molecule has 132 valence electrons. The Labute approximate surface area is 147 Å². The SMILES string of the molecule is CCNC(=O)COc1ccc(NC(=O)NC(C)c2ccccc2)cc1. The standard InChI is InChI=1S/C19H23N3O3/c1-3-20-18(23)13-25-17-11-9-16(10-12-17)22-19(24)21-14(2)15-7-5-4-6-8-15/h4-12,14H,3,13H2,1-2H3,(H,20,23)(H2,21,22,24). The van der Waals surface area contributed by atoms with E-state index < -0.39 is 0 Å². The predicted octanol–water partition coefficient (Wildman–Crippen LogP) is 3.08. The van der Waals surface area contributed by atoms with Gasteiger partial charge in [-0.2, -0.15) is 0 Å². The summed E-state index contributed by atoms with van der Waals surface area (Å²) in [5, 5.41) is 8.30. The van der Waals surface area contributed by atoms with Crippen LogP contribution in [-0.4, -0.2) is 25.1 Å². The molecule has 2 aromatic carbocycles. The zero-order chi connectivity index (χ0) is 18.1. The smallest absolute Gasteiger partial charge is 0.319 e. The van der Waals surface area contributed by atoms with Crippen LogP contribution in [0.3, 0.4) is 0 Å². The number of carbonyl (C=O) groups excluding carboxylic acids is 2. The van der Waals surface area contributed by atoms with Gasteiger partial charge < -0.3 is 20.7 Å². The molecule has 0 saturated heterocycles. The number of rotatable bonds is 7. The second-order valence-electron chi connectivity index (χ2n) is 5.50. The largest absolute Gasteiger partial charge is 0.484 e. The molecule has 0 saturated carbocycles. The molecule has 0 fully saturated rings. The maximum atomic E-state index is 12.1. The molecule has 1 atom stereocenters. The Morgan fingerprint density at radius 1 is 1.04 bits per heavy atom. The van der Waals surface area contributed by atoms with Gasteiger partial charge in [0.05, 0.1) is 6.04 Å². The van der Waals surface area contributed by atoms with Gasteiger partial charge >= 0.3 is 6.03 Å². The quantitative estimate of drug-likeness (QED) is 0.724. The van der Waals surface area contributed by atoms with E-state index in [9.17, 15) is 9.59 Å². The lowest BCUT2D eigenvalue weighted by atomic mass is 10.1. The maximum absolute atomic E-state index is 12.1. The van der Waals surface area contributed by atoms with Crippen molar-refractivity contribution in [3.05, 3.63) is 60.2 Å². The molecule has 0 aromatic heterocycles. The van der Waals surface area contributed by atoms with Crippen LogP contribution < -0.4 is 20.7 Å². The second-order valence-corrected chi connectivity index (χ2v) is 5.50. The van der Waals surface area contributed by atoms with E-state index in [1.807, 2.05) is 44.2 Å². The number of benzene rings is 2. The number of amides is 3. The number of carbonyl (C=O) groups is 2. The number of anilines is 1. The third kappa shape index (κ3) is 6.18. The van der Waals surface area contributed by atoms with Crippen LogP contribution in [0.2, 0.25) is 0 Å². The molecule has 0 bridgehead atoms. The number of likely N-dealkylation sites (N-methyl/N-ethyl adjacent to an activating group) is 1. The van der Waals surface area contributed by atoms with E-state index in [0.717, 1.165) is 5.56 Å². The van der Waals surface area contributed by atoms with E-state index in [0.29, 0.717) is 18.0 Å². The van der Waals surface area contributed by atoms with Gasteiger partial charge in [0.2, 0.25) is 0 Å². The zero-order valence-electron chi connectivity index (χ0n) is 14.4. The molecule has 0 heterocycles. The first-order chi connectivity index (χ1) is 12.1. The average molecular weight is 341 g/mol. The van der Waals surface area contributed by atoms with Crippen molar-refractivity contribution in [3.8, 4) is 5.75 Å². The Morgan fingerprint density at radius 3 is 2.36 bits per heavy atom. The number of ether oxygens (including phenoxy) is 1. The molecule has 0 spiro atoms. The Hall–Kier alpha value is -3.02. The summed E-state index contributed by atoms with van der Waals surface area (Å²) in [6.45, 7) is 4.31. The van der Waals surface area contributed by atoms with E-state index in [1.165, 1.54) is 0 Å². The predicted molar refractivity (Wildman–Crippen MR) is 97.6 cm³/mol. The lowest BCUT2D eigenvalue weighted by Gasteiger charge is -2.15. The van der Waals surface area contributed by atoms with Crippen LogP contribution in [0.15, 0.2) is 54.6 Å². The number of urea groups is 1. The molecule has 0 aliphatic heterocycles. The summed E-state index contributed by atoms with van der Waals surface area (Å²) in [5.74, 6) is 0.397. The highest BCUT2D eigenvalue weighted by atomic mass is 16.5. The molecule has 0 aliphatic carbocycles. The van der Waals surface area contributed by atoms with Crippen molar-refractivity contribution in [2.45, 2.75) is 19.9 Å². The Bertz CT molecular complexity index is 687. The van der Waals surface area contributed by atoms with E-state index in [-0.39, 0.29) is 24.6 Å². The topological polar surface area (TPSA) is 79.5 Å². The molecule has 3 N–H and O–H groups in total. The number of hydrogen-bond donors (Lipinski definition) is 3. The van der Waals surface area contributed by atoms with Crippen molar-refractivity contribution < 1.29 is 14.3 Å². The van der Waals surface area contributed by atoms with E-state index in [4.69, 9.17) is 4.74 Å². The van der Waals surface area contributed by atoms with Gasteiger partial charge in [-0.3, -0.25) is 4.79 Å². The minimum Gasteiger partial charge on any atom is -0.484 e. The number of hydrogen-bond acceptors (Lipinski definition) is 3. The van der Waals surface area contributed by atoms with Gasteiger partial charge in [0, 0.05) is 12.2 Å². The summed E-state index contributed by atoms with van der Waals surface area (Å²) in [7, 11) is 0. The molecule has 6 heteroatoms.